The van der Waals surface area contributed by atoms with E-state index < -0.39 is 0 Å². The molecular weight excluding hydrogens is 234 g/mol. The molecule has 0 fully saturated rings. The highest BCUT2D eigenvalue weighted by Crippen LogP contribution is 2.34. The van der Waals surface area contributed by atoms with E-state index in [1.165, 1.54) is 0 Å². The average molecular weight is 247 g/mol. The van der Waals surface area contributed by atoms with Crippen LogP contribution in [0, 0.1) is 0 Å². The van der Waals surface area contributed by atoms with Crippen LogP contribution in [0.4, 0.5) is 0 Å². The normalized spacial score (nSPS) is 10.3. The van der Waals surface area contributed by atoms with Crippen molar-refractivity contribution in [1.82, 2.24) is 4.98 Å². The standard InChI is InChI=1S/C17H13NO/c19-12-16-17(14-9-5-2-6-10-14)15(11-18-16)13-7-3-1-4-8-13/h1-12,18H. The lowest BCUT2D eigenvalue weighted by Gasteiger charge is -2.05. The van der Waals surface area contributed by atoms with E-state index >= 15 is 0 Å². The third-order valence-electron chi connectivity index (χ3n) is 3.18. The number of hydrogen-bond acceptors (Lipinski definition) is 1. The molecule has 0 amide bonds. The van der Waals surface area contributed by atoms with E-state index in [0.29, 0.717) is 5.69 Å². The minimum absolute atomic E-state index is 0.616. The molecule has 0 saturated heterocycles. The maximum atomic E-state index is 11.2. The number of aromatic nitrogens is 1. The molecule has 0 atom stereocenters. The molecule has 0 saturated carbocycles. The zero-order chi connectivity index (χ0) is 13.1. The van der Waals surface area contributed by atoms with Crippen molar-refractivity contribution in [3.8, 4) is 22.3 Å². The second kappa shape index (κ2) is 4.94. The predicted octanol–water partition coefficient (Wildman–Crippen LogP) is 4.16. The smallest absolute Gasteiger partial charge is 0.166 e. The summed E-state index contributed by atoms with van der Waals surface area (Å²) in [7, 11) is 0. The molecule has 0 radical (unpaired) electrons. The van der Waals surface area contributed by atoms with Gasteiger partial charge in [-0.25, -0.2) is 0 Å². The Balaban J connectivity index is 2.23. The molecule has 0 bridgehead atoms. The molecule has 0 aliphatic carbocycles. The van der Waals surface area contributed by atoms with Crippen LogP contribution in [0.3, 0.4) is 0 Å². The Morgan fingerprint density at radius 3 is 1.95 bits per heavy atom. The number of hydrogen-bond donors (Lipinski definition) is 1. The van der Waals surface area contributed by atoms with Gasteiger partial charge in [-0.3, -0.25) is 4.79 Å². The Hall–Kier alpha value is -2.61. The number of rotatable bonds is 3. The second-order valence-corrected chi connectivity index (χ2v) is 4.34. The van der Waals surface area contributed by atoms with Crippen molar-refractivity contribution in [1.29, 1.82) is 0 Å². The Morgan fingerprint density at radius 1 is 0.789 bits per heavy atom. The zero-order valence-electron chi connectivity index (χ0n) is 10.3. The van der Waals surface area contributed by atoms with Gasteiger partial charge in [-0.15, -0.1) is 0 Å². The summed E-state index contributed by atoms with van der Waals surface area (Å²) in [5, 5.41) is 0. The van der Waals surface area contributed by atoms with Crippen LogP contribution < -0.4 is 0 Å². The van der Waals surface area contributed by atoms with Crippen LogP contribution in [-0.2, 0) is 0 Å². The van der Waals surface area contributed by atoms with Gasteiger partial charge >= 0.3 is 0 Å². The fourth-order valence-electron chi connectivity index (χ4n) is 2.29. The molecule has 1 heterocycles. The summed E-state index contributed by atoms with van der Waals surface area (Å²) in [5.41, 5.74) is 4.77. The second-order valence-electron chi connectivity index (χ2n) is 4.34. The van der Waals surface area contributed by atoms with Crippen molar-refractivity contribution in [2.24, 2.45) is 0 Å². The Labute approximate surface area is 111 Å². The largest absolute Gasteiger partial charge is 0.358 e. The monoisotopic (exact) mass is 247 g/mol. The van der Waals surface area contributed by atoms with Crippen molar-refractivity contribution in [2.75, 3.05) is 0 Å². The van der Waals surface area contributed by atoms with Gasteiger partial charge in [-0.2, -0.15) is 0 Å². The molecule has 0 aliphatic heterocycles. The van der Waals surface area contributed by atoms with Gasteiger partial charge in [-0.05, 0) is 11.1 Å². The molecular formula is C17H13NO. The van der Waals surface area contributed by atoms with E-state index in [2.05, 4.69) is 4.98 Å². The highest BCUT2D eigenvalue weighted by molar-refractivity contribution is 5.94. The summed E-state index contributed by atoms with van der Waals surface area (Å²) >= 11 is 0. The maximum Gasteiger partial charge on any atom is 0.166 e. The lowest BCUT2D eigenvalue weighted by atomic mass is 9.97. The first-order valence-corrected chi connectivity index (χ1v) is 6.17. The summed E-state index contributed by atoms with van der Waals surface area (Å²) in [4.78, 5) is 14.3. The summed E-state index contributed by atoms with van der Waals surface area (Å²) < 4.78 is 0. The molecule has 0 aliphatic rings. The third kappa shape index (κ3) is 2.08. The van der Waals surface area contributed by atoms with Crippen LogP contribution in [0.2, 0.25) is 0 Å². The van der Waals surface area contributed by atoms with E-state index in [9.17, 15) is 4.79 Å². The molecule has 1 aromatic heterocycles. The first-order valence-electron chi connectivity index (χ1n) is 6.17. The summed E-state index contributed by atoms with van der Waals surface area (Å²) in [5.74, 6) is 0. The van der Waals surface area contributed by atoms with Crippen LogP contribution in [0.5, 0.6) is 0 Å². The molecule has 3 rings (SSSR count). The first kappa shape index (κ1) is 11.5. The van der Waals surface area contributed by atoms with Crippen molar-refractivity contribution in [3.05, 3.63) is 72.6 Å². The fraction of sp³-hybridized carbons (Fsp3) is 0. The lowest BCUT2D eigenvalue weighted by molar-refractivity contribution is 0.112. The first-order chi connectivity index (χ1) is 9.40. The van der Waals surface area contributed by atoms with Gasteiger partial charge in [0.1, 0.15) is 0 Å². The van der Waals surface area contributed by atoms with Crippen LogP contribution in [0.15, 0.2) is 66.9 Å². The van der Waals surface area contributed by atoms with Gasteiger partial charge in [0.25, 0.3) is 0 Å². The number of aldehydes is 1. The van der Waals surface area contributed by atoms with Gasteiger partial charge in [-0.1, -0.05) is 60.7 Å². The van der Waals surface area contributed by atoms with Gasteiger partial charge < -0.3 is 4.98 Å². The van der Waals surface area contributed by atoms with Gasteiger partial charge in [0.15, 0.2) is 6.29 Å². The van der Waals surface area contributed by atoms with Crippen LogP contribution in [-0.4, -0.2) is 11.3 Å². The molecule has 0 spiro atoms. The van der Waals surface area contributed by atoms with E-state index in [0.717, 1.165) is 28.5 Å². The number of benzene rings is 2. The number of nitrogens with one attached hydrogen (secondary N) is 1. The predicted molar refractivity (Wildman–Crippen MR) is 77.1 cm³/mol. The Bertz CT molecular complexity index is 684. The van der Waals surface area contributed by atoms with Gasteiger partial charge in [0.2, 0.25) is 0 Å². The van der Waals surface area contributed by atoms with E-state index in [1.807, 2.05) is 66.9 Å². The Morgan fingerprint density at radius 2 is 1.37 bits per heavy atom. The summed E-state index contributed by atoms with van der Waals surface area (Å²) in [6.45, 7) is 0. The molecule has 2 nitrogen and oxygen atoms in total. The average Bonchev–Trinajstić information content (AvgIpc) is 2.93. The lowest BCUT2D eigenvalue weighted by Crippen LogP contribution is -1.86. The quantitative estimate of drug-likeness (QED) is 0.692. The molecule has 19 heavy (non-hydrogen) atoms. The molecule has 1 N–H and O–H groups in total. The minimum atomic E-state index is 0.616. The highest BCUT2D eigenvalue weighted by Gasteiger charge is 2.13. The van der Waals surface area contributed by atoms with Crippen LogP contribution in [0.1, 0.15) is 10.5 Å². The van der Waals surface area contributed by atoms with E-state index in [-0.39, 0.29) is 0 Å². The van der Waals surface area contributed by atoms with E-state index in [4.69, 9.17) is 0 Å². The van der Waals surface area contributed by atoms with Crippen molar-refractivity contribution in [2.45, 2.75) is 0 Å². The number of carbonyl (C=O) groups excluding carboxylic acids is 1. The highest BCUT2D eigenvalue weighted by atomic mass is 16.1. The summed E-state index contributed by atoms with van der Waals surface area (Å²) in [6.07, 6.45) is 2.76. The Kier molecular flexibility index (Phi) is 2.99. The zero-order valence-corrected chi connectivity index (χ0v) is 10.3. The molecule has 2 aromatic carbocycles. The van der Waals surface area contributed by atoms with Crippen molar-refractivity contribution in [3.63, 3.8) is 0 Å². The number of aromatic amines is 1. The van der Waals surface area contributed by atoms with Gasteiger partial charge in [0, 0.05) is 17.3 Å². The SMILES string of the molecule is O=Cc1[nH]cc(-c2ccccc2)c1-c1ccccc1. The molecule has 3 aromatic rings. The molecule has 92 valence electrons. The van der Waals surface area contributed by atoms with Gasteiger partial charge in [0.05, 0.1) is 5.69 Å². The molecule has 0 unspecified atom stereocenters. The fourth-order valence-corrected chi connectivity index (χ4v) is 2.29. The van der Waals surface area contributed by atoms with Crippen LogP contribution >= 0.6 is 0 Å². The third-order valence-corrected chi connectivity index (χ3v) is 3.18. The summed E-state index contributed by atoms with van der Waals surface area (Å²) in [6, 6.07) is 20.0. The van der Waals surface area contributed by atoms with Crippen molar-refractivity contribution < 1.29 is 4.79 Å². The van der Waals surface area contributed by atoms with E-state index in [1.54, 1.807) is 0 Å². The number of carbonyl (C=O) groups is 1. The molecule has 2 heteroatoms. The van der Waals surface area contributed by atoms with Crippen LogP contribution in [0.25, 0.3) is 22.3 Å². The maximum absolute atomic E-state index is 11.2. The van der Waals surface area contributed by atoms with Crippen molar-refractivity contribution >= 4 is 6.29 Å². The topological polar surface area (TPSA) is 32.9 Å². The number of H-pyrrole nitrogens is 1. The minimum Gasteiger partial charge on any atom is -0.358 e.